The molecule has 2 aromatic rings. The number of carbonyl (C=O) groups is 1. The molecule has 0 saturated carbocycles. The number of alkyl halides is 6. The summed E-state index contributed by atoms with van der Waals surface area (Å²) in [6, 6.07) is 0.601. The smallest absolute Gasteiger partial charge is 0.426 e. The van der Waals surface area contributed by atoms with E-state index in [1.807, 2.05) is 0 Å². The lowest BCUT2D eigenvalue weighted by atomic mass is 9.95. The Kier molecular flexibility index (Phi) is 10.5. The molecule has 0 aromatic carbocycles. The zero-order valence-corrected chi connectivity index (χ0v) is 24.4. The van der Waals surface area contributed by atoms with Crippen LogP contribution in [0.1, 0.15) is 51.5 Å². The second kappa shape index (κ2) is 13.4. The van der Waals surface area contributed by atoms with E-state index in [9.17, 15) is 31.1 Å². The molecule has 0 saturated heterocycles. The summed E-state index contributed by atoms with van der Waals surface area (Å²) in [4.78, 5) is 16.6. The molecule has 0 radical (unpaired) electrons. The summed E-state index contributed by atoms with van der Waals surface area (Å²) < 4.78 is 103. The molecule has 1 atom stereocenters. The highest BCUT2D eigenvalue weighted by atomic mass is 32.2. The van der Waals surface area contributed by atoms with Gasteiger partial charge in [0.05, 0.1) is 17.9 Å². The lowest BCUT2D eigenvalue weighted by Gasteiger charge is -2.32. The van der Waals surface area contributed by atoms with E-state index < -0.39 is 76.4 Å². The van der Waals surface area contributed by atoms with Gasteiger partial charge in [-0.1, -0.05) is 43.5 Å². The number of amides is 1. The number of nitrogens with zero attached hydrogens (tertiary/aromatic N) is 3. The van der Waals surface area contributed by atoms with Crippen molar-refractivity contribution in [3.05, 3.63) is 66.6 Å². The van der Waals surface area contributed by atoms with E-state index in [2.05, 4.69) is 33.7 Å². The third kappa shape index (κ3) is 8.50. The minimum Gasteiger partial charge on any atom is -0.444 e. The van der Waals surface area contributed by atoms with E-state index in [0.717, 1.165) is 11.8 Å². The number of halogens is 6. The van der Waals surface area contributed by atoms with Gasteiger partial charge in [0.15, 0.2) is 5.69 Å². The van der Waals surface area contributed by atoms with Gasteiger partial charge in [0.2, 0.25) is 5.60 Å². The monoisotopic (exact) mass is 632 g/mol. The molecule has 0 aliphatic carbocycles. The molecule has 43 heavy (non-hydrogen) atoms. The molecule has 2 aromatic heterocycles. The third-order valence-corrected chi connectivity index (χ3v) is 6.82. The Morgan fingerprint density at radius 1 is 1.14 bits per heavy atom. The number of carbonyl (C=O) groups excluding carboxylic acids is 1. The molecule has 3 heterocycles. The molecule has 1 unspecified atom stereocenters. The van der Waals surface area contributed by atoms with Gasteiger partial charge in [0.1, 0.15) is 10.6 Å². The summed E-state index contributed by atoms with van der Waals surface area (Å²) in [6.45, 7) is 11.1. The lowest BCUT2D eigenvalue weighted by molar-refractivity contribution is -0.292. The number of fused-ring (bicyclic) bond motifs is 5. The van der Waals surface area contributed by atoms with Crippen molar-refractivity contribution >= 4 is 23.5 Å². The molecule has 1 aliphatic rings. The van der Waals surface area contributed by atoms with Crippen molar-refractivity contribution in [3.63, 3.8) is 0 Å². The van der Waals surface area contributed by atoms with Gasteiger partial charge in [-0.3, -0.25) is 5.32 Å². The standard InChI is InChI=1S/C28H30F6N4O4S/c1-6-12-17(7-2)16-40-26(28(32,33)34)13-10-8-9-11-14-43-22-18(27(29,30)31)15-19(35-24(39)42-25(3,4)5)20(36-22)21-37-38-23(26)41-21/h6-9,12,15H,1-2,10-11,13-14,16H2,3-5H3,(H,35,39)/b9-8-,17-12+. The molecule has 0 fully saturated rings. The van der Waals surface area contributed by atoms with Gasteiger partial charge in [0.25, 0.3) is 11.8 Å². The molecule has 1 amide bonds. The Bertz CT molecular complexity index is 1390. The zero-order valence-electron chi connectivity index (χ0n) is 23.6. The average molecular weight is 633 g/mol. The van der Waals surface area contributed by atoms with Crippen molar-refractivity contribution < 1.29 is 45.0 Å². The Labute approximate surface area is 248 Å². The van der Waals surface area contributed by atoms with Crippen molar-refractivity contribution in [1.82, 2.24) is 15.2 Å². The van der Waals surface area contributed by atoms with Crippen LogP contribution >= 0.6 is 11.8 Å². The summed E-state index contributed by atoms with van der Waals surface area (Å²) >= 11 is 0.774. The van der Waals surface area contributed by atoms with E-state index in [1.165, 1.54) is 45.1 Å². The summed E-state index contributed by atoms with van der Waals surface area (Å²) in [5.74, 6) is -1.55. The number of rotatable bonds is 6. The summed E-state index contributed by atoms with van der Waals surface area (Å²) in [6.07, 6.45) is -4.57. The number of nitrogens with one attached hydrogen (secondary N) is 1. The van der Waals surface area contributed by atoms with Crippen LogP contribution in [0.15, 0.2) is 64.6 Å². The topological polar surface area (TPSA) is 99.4 Å². The van der Waals surface area contributed by atoms with Gasteiger partial charge in [-0.25, -0.2) is 9.78 Å². The van der Waals surface area contributed by atoms with Crippen LogP contribution in [0, 0.1) is 0 Å². The van der Waals surface area contributed by atoms with E-state index in [4.69, 9.17) is 13.9 Å². The van der Waals surface area contributed by atoms with Crippen LogP contribution in [0.25, 0.3) is 11.6 Å². The van der Waals surface area contributed by atoms with E-state index >= 15 is 0 Å². The summed E-state index contributed by atoms with van der Waals surface area (Å²) in [5.41, 5.74) is -6.08. The molecular weight excluding hydrogens is 602 g/mol. The van der Waals surface area contributed by atoms with Gasteiger partial charge in [0, 0.05) is 5.75 Å². The van der Waals surface area contributed by atoms with E-state index in [-0.39, 0.29) is 24.2 Å². The average Bonchev–Trinajstić information content (AvgIpc) is 3.36. The first-order chi connectivity index (χ1) is 20.0. The second-order valence-electron chi connectivity index (χ2n) is 10.2. The predicted molar refractivity (Wildman–Crippen MR) is 148 cm³/mol. The second-order valence-corrected chi connectivity index (χ2v) is 11.3. The third-order valence-electron chi connectivity index (χ3n) is 5.79. The highest BCUT2D eigenvalue weighted by Crippen LogP contribution is 2.47. The minimum atomic E-state index is -5.08. The fourth-order valence-electron chi connectivity index (χ4n) is 3.83. The van der Waals surface area contributed by atoms with Gasteiger partial charge in [-0.15, -0.1) is 22.0 Å². The number of hydrogen-bond acceptors (Lipinski definition) is 8. The van der Waals surface area contributed by atoms with Crippen LogP contribution in [0.2, 0.25) is 0 Å². The first-order valence-corrected chi connectivity index (χ1v) is 13.9. The lowest BCUT2D eigenvalue weighted by Crippen LogP contribution is -2.45. The number of ether oxygens (including phenoxy) is 2. The van der Waals surface area contributed by atoms with Crippen molar-refractivity contribution in [2.24, 2.45) is 0 Å². The molecule has 3 rings (SSSR count). The maximum atomic E-state index is 14.8. The van der Waals surface area contributed by atoms with E-state index in [1.54, 1.807) is 6.08 Å². The van der Waals surface area contributed by atoms with Crippen LogP contribution in [0.3, 0.4) is 0 Å². The molecule has 15 heteroatoms. The number of aromatic nitrogens is 3. The first kappa shape index (κ1) is 33.9. The van der Waals surface area contributed by atoms with Crippen LogP contribution in [-0.4, -0.2) is 45.4 Å². The molecular formula is C28H30F6N4O4S. The number of hydrogen-bond donors (Lipinski definition) is 1. The molecule has 1 aliphatic heterocycles. The highest BCUT2D eigenvalue weighted by molar-refractivity contribution is 7.99. The van der Waals surface area contributed by atoms with Crippen LogP contribution in [0.4, 0.5) is 36.8 Å². The number of thioether (sulfide) groups is 1. The Hall–Kier alpha value is -3.59. The van der Waals surface area contributed by atoms with Crippen LogP contribution < -0.4 is 5.32 Å². The minimum absolute atomic E-state index is 0.121. The van der Waals surface area contributed by atoms with Gasteiger partial charge < -0.3 is 13.9 Å². The zero-order chi connectivity index (χ0) is 32.1. The normalized spacial score (nSPS) is 19.2. The van der Waals surface area contributed by atoms with Crippen molar-refractivity contribution in [1.29, 1.82) is 0 Å². The molecule has 234 valence electrons. The largest absolute Gasteiger partial charge is 0.444 e. The Morgan fingerprint density at radius 3 is 2.44 bits per heavy atom. The molecule has 8 nitrogen and oxygen atoms in total. The van der Waals surface area contributed by atoms with E-state index in [0.29, 0.717) is 6.07 Å². The number of pyridine rings is 1. The van der Waals surface area contributed by atoms with Gasteiger partial charge in [-0.05, 0) is 51.7 Å². The molecule has 1 N–H and O–H groups in total. The van der Waals surface area contributed by atoms with Gasteiger partial charge in [-0.2, -0.15) is 26.3 Å². The summed E-state index contributed by atoms with van der Waals surface area (Å²) in [7, 11) is 0. The maximum Gasteiger partial charge on any atom is 0.426 e. The highest BCUT2D eigenvalue weighted by Gasteiger charge is 2.61. The van der Waals surface area contributed by atoms with Gasteiger partial charge >= 0.3 is 18.4 Å². The van der Waals surface area contributed by atoms with Crippen molar-refractivity contribution in [2.75, 3.05) is 17.7 Å². The first-order valence-electron chi connectivity index (χ1n) is 12.9. The fraction of sp³-hybridized carbons (Fsp3) is 0.429. The SMILES string of the molecule is C=C/C=C(\C=C)COC1(C(F)(F)F)CC/C=C\CCSc2nc(c(NC(=O)OC(C)(C)C)cc2C(F)(F)F)-c2nnc1o2. The van der Waals surface area contributed by atoms with Crippen molar-refractivity contribution in [2.45, 2.75) is 68.6 Å². The predicted octanol–water partition coefficient (Wildman–Crippen LogP) is 8.40. The number of allylic oxidation sites excluding steroid dienone is 4. The quantitative estimate of drug-likeness (QED) is 0.193. The molecule has 0 spiro atoms. The summed E-state index contributed by atoms with van der Waals surface area (Å²) in [5, 5.41) is 9.01. The molecule has 4 bridgehead atoms. The Morgan fingerprint density at radius 2 is 1.84 bits per heavy atom. The number of anilines is 1. The fourth-order valence-corrected chi connectivity index (χ4v) is 4.76. The maximum absolute atomic E-state index is 14.8. The van der Waals surface area contributed by atoms with Crippen LogP contribution in [0.5, 0.6) is 0 Å². The Balaban J connectivity index is 2.25. The van der Waals surface area contributed by atoms with Crippen LogP contribution in [-0.2, 0) is 21.3 Å². The van der Waals surface area contributed by atoms with Crippen molar-refractivity contribution in [3.8, 4) is 11.6 Å².